The van der Waals surface area contributed by atoms with E-state index in [9.17, 15) is 4.79 Å². The fourth-order valence-electron chi connectivity index (χ4n) is 3.60. The Balaban J connectivity index is 1.25. The second-order valence-corrected chi connectivity index (χ2v) is 7.11. The fourth-order valence-corrected chi connectivity index (χ4v) is 3.60. The van der Waals surface area contributed by atoms with E-state index in [0.717, 1.165) is 61.5 Å². The summed E-state index contributed by atoms with van der Waals surface area (Å²) in [4.78, 5) is 12.4. The molecule has 144 valence electrons. The monoisotopic (exact) mass is 371 g/mol. The first-order valence-corrected chi connectivity index (χ1v) is 9.62. The molecule has 0 spiro atoms. The van der Waals surface area contributed by atoms with Crippen molar-refractivity contribution in [2.24, 2.45) is 0 Å². The molecule has 1 aliphatic carbocycles. The number of fused-ring (bicyclic) bond motifs is 1. The van der Waals surface area contributed by atoms with Gasteiger partial charge in [-0.3, -0.25) is 9.89 Å². The Bertz CT molecular complexity index is 796. The number of nitrogens with one attached hydrogen (secondary N) is 2. The lowest BCUT2D eigenvalue weighted by molar-refractivity contribution is 0.0888. The van der Waals surface area contributed by atoms with Crippen molar-refractivity contribution in [3.63, 3.8) is 0 Å². The number of H-pyrrole nitrogens is 1. The zero-order valence-electron chi connectivity index (χ0n) is 15.5. The molecule has 7 nitrogen and oxygen atoms in total. The van der Waals surface area contributed by atoms with Crippen LogP contribution in [0.15, 0.2) is 24.3 Å². The molecule has 1 aromatic heterocycles. The number of ether oxygens (including phenoxy) is 3. The highest BCUT2D eigenvalue weighted by atomic mass is 16.7. The number of hydrogen-bond acceptors (Lipinski definition) is 5. The maximum absolute atomic E-state index is 12.4. The van der Waals surface area contributed by atoms with Gasteiger partial charge in [-0.05, 0) is 50.3 Å². The Morgan fingerprint density at radius 1 is 1.22 bits per heavy atom. The third-order valence-electron chi connectivity index (χ3n) is 5.04. The molecule has 1 aliphatic heterocycles. The third-order valence-corrected chi connectivity index (χ3v) is 5.04. The number of aryl methyl sites for hydroxylation is 1. The Labute approximate surface area is 158 Å². The van der Waals surface area contributed by atoms with Crippen molar-refractivity contribution in [1.29, 1.82) is 0 Å². The maximum atomic E-state index is 12.4. The van der Waals surface area contributed by atoms with E-state index in [0.29, 0.717) is 5.69 Å². The van der Waals surface area contributed by atoms with E-state index in [1.54, 1.807) is 0 Å². The largest absolute Gasteiger partial charge is 0.490 e. The standard InChI is InChI=1S/C20H25N3O4/c1-2-3-14-10-17(23-22-14)20(24)21-13-4-6-15(7-5-13)27-16-8-9-18-19(11-16)26-12-25-18/h8-11,13,15H,2-7,12H2,1H3,(H,21,24)(H,22,23). The topological polar surface area (TPSA) is 85.5 Å². The molecule has 1 fully saturated rings. The SMILES string of the molecule is CCCc1cc(C(=O)NC2CCC(Oc3ccc4c(c3)OCO4)CC2)n[nH]1. The molecular formula is C20H25N3O4. The van der Waals surface area contributed by atoms with E-state index in [1.165, 1.54) is 0 Å². The van der Waals surface area contributed by atoms with Crippen LogP contribution in [0.25, 0.3) is 0 Å². The summed E-state index contributed by atoms with van der Waals surface area (Å²) in [6, 6.07) is 7.67. The summed E-state index contributed by atoms with van der Waals surface area (Å²) in [5.74, 6) is 2.18. The number of rotatable bonds is 6. The van der Waals surface area contributed by atoms with Gasteiger partial charge in [0.1, 0.15) is 11.4 Å². The first-order valence-electron chi connectivity index (χ1n) is 9.62. The normalized spacial score (nSPS) is 21.1. The highest BCUT2D eigenvalue weighted by molar-refractivity contribution is 5.92. The second-order valence-electron chi connectivity index (χ2n) is 7.11. The van der Waals surface area contributed by atoms with Crippen molar-refractivity contribution < 1.29 is 19.0 Å². The molecule has 2 heterocycles. The van der Waals surface area contributed by atoms with Crippen LogP contribution in [0.5, 0.6) is 17.2 Å². The second kappa shape index (κ2) is 7.90. The quantitative estimate of drug-likeness (QED) is 0.814. The molecule has 4 rings (SSSR count). The third kappa shape index (κ3) is 4.18. The van der Waals surface area contributed by atoms with Crippen molar-refractivity contribution in [3.05, 3.63) is 35.7 Å². The van der Waals surface area contributed by atoms with Gasteiger partial charge in [-0.15, -0.1) is 0 Å². The number of aromatic nitrogens is 2. The molecule has 0 bridgehead atoms. The minimum atomic E-state index is -0.103. The molecule has 0 saturated heterocycles. The molecule has 1 amide bonds. The number of benzene rings is 1. The van der Waals surface area contributed by atoms with Gasteiger partial charge in [0.05, 0.1) is 6.10 Å². The van der Waals surface area contributed by atoms with Gasteiger partial charge in [-0.25, -0.2) is 0 Å². The molecule has 27 heavy (non-hydrogen) atoms. The Morgan fingerprint density at radius 3 is 2.85 bits per heavy atom. The van der Waals surface area contributed by atoms with E-state index in [-0.39, 0.29) is 24.8 Å². The van der Waals surface area contributed by atoms with E-state index in [1.807, 2.05) is 24.3 Å². The number of nitrogens with zero attached hydrogens (tertiary/aromatic N) is 1. The number of amides is 1. The summed E-state index contributed by atoms with van der Waals surface area (Å²) in [6.45, 7) is 2.37. The molecule has 0 atom stereocenters. The molecule has 2 aromatic rings. The van der Waals surface area contributed by atoms with Gasteiger partial charge in [-0.1, -0.05) is 13.3 Å². The number of carbonyl (C=O) groups is 1. The molecule has 1 aromatic carbocycles. The van der Waals surface area contributed by atoms with Crippen LogP contribution in [-0.4, -0.2) is 35.0 Å². The van der Waals surface area contributed by atoms with Gasteiger partial charge < -0.3 is 19.5 Å². The molecule has 0 radical (unpaired) electrons. The number of carbonyl (C=O) groups excluding carboxylic acids is 1. The van der Waals surface area contributed by atoms with Crippen LogP contribution >= 0.6 is 0 Å². The number of hydrogen-bond donors (Lipinski definition) is 2. The molecule has 0 unspecified atom stereocenters. The van der Waals surface area contributed by atoms with Gasteiger partial charge >= 0.3 is 0 Å². The Morgan fingerprint density at radius 2 is 2.04 bits per heavy atom. The summed E-state index contributed by atoms with van der Waals surface area (Å²) < 4.78 is 16.8. The minimum absolute atomic E-state index is 0.103. The van der Waals surface area contributed by atoms with Crippen molar-refractivity contribution in [2.75, 3.05) is 6.79 Å². The van der Waals surface area contributed by atoms with E-state index in [2.05, 4.69) is 22.4 Å². The smallest absolute Gasteiger partial charge is 0.271 e. The van der Waals surface area contributed by atoms with Crippen LogP contribution in [0.4, 0.5) is 0 Å². The molecule has 2 N–H and O–H groups in total. The average Bonchev–Trinajstić information content (AvgIpc) is 3.32. The molecule has 1 saturated carbocycles. The molecule has 2 aliphatic rings. The van der Waals surface area contributed by atoms with Crippen LogP contribution in [0.3, 0.4) is 0 Å². The first kappa shape index (κ1) is 17.7. The van der Waals surface area contributed by atoms with E-state index < -0.39 is 0 Å². The van der Waals surface area contributed by atoms with Gasteiger partial charge in [0.25, 0.3) is 5.91 Å². The predicted molar refractivity (Wildman–Crippen MR) is 99.3 cm³/mol. The van der Waals surface area contributed by atoms with Crippen LogP contribution in [0.1, 0.15) is 55.2 Å². The summed E-state index contributed by atoms with van der Waals surface area (Å²) >= 11 is 0. The van der Waals surface area contributed by atoms with Gasteiger partial charge in [0.2, 0.25) is 6.79 Å². The van der Waals surface area contributed by atoms with Crippen LogP contribution in [0.2, 0.25) is 0 Å². The Hall–Kier alpha value is -2.70. The lowest BCUT2D eigenvalue weighted by atomic mass is 9.93. The van der Waals surface area contributed by atoms with Gasteiger partial charge in [-0.2, -0.15) is 5.10 Å². The summed E-state index contributed by atoms with van der Waals surface area (Å²) in [5, 5.41) is 10.1. The lowest BCUT2D eigenvalue weighted by Gasteiger charge is -2.29. The summed E-state index contributed by atoms with van der Waals surface area (Å²) in [7, 11) is 0. The van der Waals surface area contributed by atoms with Gasteiger partial charge in [0, 0.05) is 17.8 Å². The molecular weight excluding hydrogens is 346 g/mol. The van der Waals surface area contributed by atoms with Crippen molar-refractivity contribution >= 4 is 5.91 Å². The van der Waals surface area contributed by atoms with Crippen LogP contribution in [0, 0.1) is 0 Å². The van der Waals surface area contributed by atoms with Crippen molar-refractivity contribution in [2.45, 2.75) is 57.6 Å². The van der Waals surface area contributed by atoms with Crippen LogP contribution < -0.4 is 19.5 Å². The predicted octanol–water partition coefficient (Wildman–Crippen LogP) is 3.21. The van der Waals surface area contributed by atoms with E-state index in [4.69, 9.17) is 14.2 Å². The zero-order valence-corrected chi connectivity index (χ0v) is 15.5. The van der Waals surface area contributed by atoms with E-state index >= 15 is 0 Å². The number of aromatic amines is 1. The Kier molecular flexibility index (Phi) is 5.18. The summed E-state index contributed by atoms with van der Waals surface area (Å²) in [6.07, 6.45) is 5.68. The zero-order chi connectivity index (χ0) is 18.6. The van der Waals surface area contributed by atoms with Crippen LogP contribution in [-0.2, 0) is 6.42 Å². The fraction of sp³-hybridized carbons (Fsp3) is 0.500. The summed E-state index contributed by atoms with van der Waals surface area (Å²) in [5.41, 5.74) is 1.47. The van der Waals surface area contributed by atoms with Crippen molar-refractivity contribution in [3.8, 4) is 17.2 Å². The minimum Gasteiger partial charge on any atom is -0.490 e. The maximum Gasteiger partial charge on any atom is 0.271 e. The lowest BCUT2D eigenvalue weighted by Crippen LogP contribution is -2.39. The van der Waals surface area contributed by atoms with Gasteiger partial charge in [0.15, 0.2) is 11.5 Å². The van der Waals surface area contributed by atoms with Crippen molar-refractivity contribution in [1.82, 2.24) is 15.5 Å². The highest BCUT2D eigenvalue weighted by Gasteiger charge is 2.25. The average molecular weight is 371 g/mol. The molecule has 7 heteroatoms. The first-order chi connectivity index (χ1) is 13.2. The highest BCUT2D eigenvalue weighted by Crippen LogP contribution is 2.36.